The molecule has 2 N–H and O–H groups in total. The number of nitrogens with zero attached hydrogens (tertiary/aromatic N) is 1. The molecule has 0 unspecified atom stereocenters. The molecule has 0 radical (unpaired) electrons. The molecule has 1 aromatic heterocycles. The fraction of sp³-hybridized carbons (Fsp3) is 0. The van der Waals surface area contributed by atoms with E-state index in [0.717, 1.165) is 6.20 Å². The topological polar surface area (TPSA) is 38.9 Å². The normalized spacial score (nSPS) is 9.90. The summed E-state index contributed by atoms with van der Waals surface area (Å²) in [4.78, 5) is 3.69. The average molecular weight is 317 g/mol. The second-order valence-corrected chi connectivity index (χ2v) is 3.45. The quantitative estimate of drug-likeness (QED) is 0.588. The number of hydrogen-bond acceptors (Lipinski definition) is 2. The molecule has 0 fully saturated rings. The van der Waals surface area contributed by atoms with Crippen LogP contribution in [0.15, 0.2) is 10.8 Å². The summed E-state index contributed by atoms with van der Waals surface area (Å²) in [5.74, 6) is -0.479. The Kier molecular flexibility index (Phi) is 2.45. The SMILES string of the molecule is Nc1c(F)cnc(Br)c1I. The maximum absolute atomic E-state index is 12.5. The molecule has 0 aliphatic carbocycles. The van der Waals surface area contributed by atoms with E-state index in [4.69, 9.17) is 5.73 Å². The van der Waals surface area contributed by atoms with Gasteiger partial charge in [0.05, 0.1) is 15.5 Å². The van der Waals surface area contributed by atoms with E-state index in [1.54, 1.807) is 0 Å². The van der Waals surface area contributed by atoms with E-state index in [0.29, 0.717) is 8.17 Å². The Morgan fingerprint density at radius 1 is 1.70 bits per heavy atom. The molecule has 1 aromatic rings. The summed E-state index contributed by atoms with van der Waals surface area (Å²) >= 11 is 5.04. The predicted octanol–water partition coefficient (Wildman–Crippen LogP) is 2.17. The van der Waals surface area contributed by atoms with Crippen molar-refractivity contribution in [2.75, 3.05) is 5.73 Å². The van der Waals surface area contributed by atoms with Crippen LogP contribution < -0.4 is 5.73 Å². The summed E-state index contributed by atoms with van der Waals surface area (Å²) in [6.07, 6.45) is 1.08. The first-order chi connectivity index (χ1) is 4.63. The van der Waals surface area contributed by atoms with Crippen LogP contribution in [-0.2, 0) is 0 Å². The van der Waals surface area contributed by atoms with Gasteiger partial charge in [0.25, 0.3) is 0 Å². The predicted molar refractivity (Wildman–Crippen MR) is 49.0 cm³/mol. The Labute approximate surface area is 79.3 Å². The summed E-state index contributed by atoms with van der Waals surface area (Å²) in [7, 11) is 0. The van der Waals surface area contributed by atoms with Crippen molar-refractivity contribution >= 4 is 44.2 Å². The molecule has 54 valence electrons. The van der Waals surface area contributed by atoms with Crippen LogP contribution in [0.1, 0.15) is 0 Å². The molecule has 1 rings (SSSR count). The minimum Gasteiger partial charge on any atom is -0.395 e. The third kappa shape index (κ3) is 1.39. The highest BCUT2D eigenvalue weighted by molar-refractivity contribution is 14.1. The van der Waals surface area contributed by atoms with Gasteiger partial charge < -0.3 is 5.73 Å². The fourth-order valence-corrected chi connectivity index (χ4v) is 1.17. The van der Waals surface area contributed by atoms with Crippen LogP contribution in [0, 0.1) is 9.39 Å². The molecule has 0 bridgehead atoms. The van der Waals surface area contributed by atoms with E-state index < -0.39 is 5.82 Å². The lowest BCUT2D eigenvalue weighted by Crippen LogP contribution is -1.96. The molecular formula is C5H3BrFIN2. The minimum absolute atomic E-state index is 0.141. The van der Waals surface area contributed by atoms with Gasteiger partial charge in [0, 0.05) is 0 Å². The summed E-state index contributed by atoms with van der Waals surface area (Å²) < 4.78 is 13.7. The molecule has 0 atom stereocenters. The van der Waals surface area contributed by atoms with Crippen LogP contribution in [0.25, 0.3) is 0 Å². The highest BCUT2D eigenvalue weighted by Gasteiger charge is 2.06. The van der Waals surface area contributed by atoms with Crippen LogP contribution in [-0.4, -0.2) is 4.98 Å². The summed E-state index contributed by atoms with van der Waals surface area (Å²) in [5.41, 5.74) is 5.47. The van der Waals surface area contributed by atoms with Gasteiger partial charge in [-0.05, 0) is 38.5 Å². The Morgan fingerprint density at radius 3 is 2.80 bits per heavy atom. The van der Waals surface area contributed by atoms with Crippen LogP contribution in [0.4, 0.5) is 10.1 Å². The van der Waals surface area contributed by atoms with Crippen molar-refractivity contribution in [3.8, 4) is 0 Å². The molecular weight excluding hydrogens is 314 g/mol. The molecule has 0 aliphatic heterocycles. The van der Waals surface area contributed by atoms with Gasteiger partial charge in [-0.2, -0.15) is 0 Å². The number of rotatable bonds is 0. The van der Waals surface area contributed by atoms with E-state index in [-0.39, 0.29) is 5.69 Å². The van der Waals surface area contributed by atoms with Crippen molar-refractivity contribution in [2.45, 2.75) is 0 Å². The van der Waals surface area contributed by atoms with Crippen LogP contribution in [0.3, 0.4) is 0 Å². The van der Waals surface area contributed by atoms with E-state index in [2.05, 4.69) is 20.9 Å². The number of aromatic nitrogens is 1. The van der Waals surface area contributed by atoms with Gasteiger partial charge in [-0.1, -0.05) is 0 Å². The Bertz CT molecular complexity index is 239. The van der Waals surface area contributed by atoms with Gasteiger partial charge in [-0.3, -0.25) is 0 Å². The molecule has 0 saturated heterocycles. The molecule has 5 heteroatoms. The number of nitrogen functional groups attached to an aromatic ring is 1. The highest BCUT2D eigenvalue weighted by atomic mass is 127. The van der Waals surface area contributed by atoms with Crippen molar-refractivity contribution < 1.29 is 4.39 Å². The molecule has 0 saturated carbocycles. The number of pyridine rings is 1. The number of anilines is 1. The largest absolute Gasteiger partial charge is 0.395 e. The maximum Gasteiger partial charge on any atom is 0.165 e. The first-order valence-corrected chi connectivity index (χ1v) is 4.25. The maximum atomic E-state index is 12.5. The van der Waals surface area contributed by atoms with Gasteiger partial charge in [-0.25, -0.2) is 9.37 Å². The lowest BCUT2D eigenvalue weighted by molar-refractivity contribution is 0.624. The minimum atomic E-state index is -0.479. The second kappa shape index (κ2) is 3.00. The third-order valence-electron chi connectivity index (χ3n) is 0.966. The highest BCUT2D eigenvalue weighted by Crippen LogP contribution is 2.23. The van der Waals surface area contributed by atoms with Gasteiger partial charge in [0.1, 0.15) is 4.60 Å². The van der Waals surface area contributed by atoms with E-state index in [1.807, 2.05) is 22.6 Å². The number of hydrogen-bond donors (Lipinski definition) is 1. The zero-order chi connectivity index (χ0) is 7.72. The van der Waals surface area contributed by atoms with E-state index in [1.165, 1.54) is 0 Å². The van der Waals surface area contributed by atoms with Crippen LogP contribution in [0.5, 0.6) is 0 Å². The van der Waals surface area contributed by atoms with Crippen LogP contribution in [0.2, 0.25) is 0 Å². The fourth-order valence-electron chi connectivity index (χ4n) is 0.456. The van der Waals surface area contributed by atoms with Crippen molar-refractivity contribution in [1.29, 1.82) is 0 Å². The Balaban J connectivity index is 3.34. The molecule has 2 nitrogen and oxygen atoms in total. The molecule has 0 aliphatic rings. The lowest BCUT2D eigenvalue weighted by Gasteiger charge is -1.99. The monoisotopic (exact) mass is 316 g/mol. The van der Waals surface area contributed by atoms with Gasteiger partial charge in [0.2, 0.25) is 0 Å². The molecule has 0 spiro atoms. The van der Waals surface area contributed by atoms with Crippen molar-refractivity contribution in [1.82, 2.24) is 4.98 Å². The standard InChI is InChI=1S/C5H3BrFIN2/c6-5-3(8)4(9)2(7)1-10-5/h1H,(H2,9,10). The van der Waals surface area contributed by atoms with Crippen molar-refractivity contribution in [3.63, 3.8) is 0 Å². The average Bonchev–Trinajstić information content (AvgIpc) is 1.93. The third-order valence-corrected chi connectivity index (χ3v) is 3.40. The summed E-state index contributed by atoms with van der Waals surface area (Å²) in [6.45, 7) is 0. The summed E-state index contributed by atoms with van der Waals surface area (Å²) in [5, 5.41) is 0. The molecule has 1 heterocycles. The van der Waals surface area contributed by atoms with E-state index >= 15 is 0 Å². The molecule has 10 heavy (non-hydrogen) atoms. The Hall–Kier alpha value is 0.0900. The van der Waals surface area contributed by atoms with Crippen molar-refractivity contribution in [2.24, 2.45) is 0 Å². The number of halogens is 3. The zero-order valence-electron chi connectivity index (χ0n) is 4.74. The second-order valence-electron chi connectivity index (χ2n) is 1.62. The van der Waals surface area contributed by atoms with Gasteiger partial charge in [-0.15, -0.1) is 0 Å². The smallest absolute Gasteiger partial charge is 0.165 e. The van der Waals surface area contributed by atoms with Crippen LogP contribution >= 0.6 is 38.5 Å². The first-order valence-electron chi connectivity index (χ1n) is 2.38. The molecule has 0 aromatic carbocycles. The lowest BCUT2D eigenvalue weighted by atomic mass is 10.4. The first kappa shape index (κ1) is 8.19. The summed E-state index contributed by atoms with van der Waals surface area (Å²) in [6, 6.07) is 0. The Morgan fingerprint density at radius 2 is 2.30 bits per heavy atom. The van der Waals surface area contributed by atoms with E-state index in [9.17, 15) is 4.39 Å². The van der Waals surface area contributed by atoms with Gasteiger partial charge in [0.15, 0.2) is 5.82 Å². The zero-order valence-corrected chi connectivity index (χ0v) is 8.48. The van der Waals surface area contributed by atoms with Gasteiger partial charge >= 0.3 is 0 Å². The van der Waals surface area contributed by atoms with Crippen molar-refractivity contribution in [3.05, 3.63) is 20.2 Å². The number of nitrogens with two attached hydrogens (primary N) is 1. The molecule has 0 amide bonds.